The highest BCUT2D eigenvalue weighted by Crippen LogP contribution is 2.38. The van der Waals surface area contributed by atoms with Gasteiger partial charge in [0.25, 0.3) is 0 Å². The van der Waals surface area contributed by atoms with Crippen molar-refractivity contribution < 1.29 is 15.0 Å². The molecule has 0 spiro atoms. The second-order valence-corrected chi connectivity index (χ2v) is 5.34. The number of hydrogen-bond donors (Lipinski definition) is 3. The summed E-state index contributed by atoms with van der Waals surface area (Å²) in [6.45, 7) is 0.732. The standard InChI is InChI=1S/C12H14N4O3S/c17-9-4-16(5-10(9)18)6-11(19)13-7-2-1-3-8-12(7)15-20-14-8/h1-3,9-10,17-18H,4-6H2,(H,13,19). The number of benzene rings is 1. The van der Waals surface area contributed by atoms with Gasteiger partial charge in [-0.3, -0.25) is 9.69 Å². The van der Waals surface area contributed by atoms with Crippen molar-refractivity contribution in [3.05, 3.63) is 18.2 Å². The van der Waals surface area contributed by atoms with E-state index in [1.807, 2.05) is 12.1 Å². The molecule has 8 heteroatoms. The highest BCUT2D eigenvalue weighted by atomic mass is 32.1. The zero-order valence-electron chi connectivity index (χ0n) is 10.6. The highest BCUT2D eigenvalue weighted by molar-refractivity contribution is 7.58. The molecule has 2 heterocycles. The molecular formula is C12H14N4O3S. The van der Waals surface area contributed by atoms with Gasteiger partial charge in [-0.25, -0.2) is 0 Å². The molecular weight excluding hydrogens is 280 g/mol. The molecule has 2 unspecified atom stereocenters. The van der Waals surface area contributed by atoms with Crippen molar-refractivity contribution >= 4 is 34.3 Å². The number of aliphatic hydroxyl groups excluding tert-OH is 2. The second-order valence-electron chi connectivity index (χ2n) is 4.81. The van der Waals surface area contributed by atoms with Crippen LogP contribution in [0.25, 0.3) is 0 Å². The van der Waals surface area contributed by atoms with Gasteiger partial charge in [0, 0.05) is 13.1 Å². The fraction of sp³-hybridized carbons (Fsp3) is 0.417. The third-order valence-electron chi connectivity index (χ3n) is 3.26. The lowest BCUT2D eigenvalue weighted by atomic mass is 10.2. The molecule has 3 rings (SSSR count). The predicted octanol–water partition coefficient (Wildman–Crippen LogP) is 0.389. The first-order chi connectivity index (χ1) is 9.63. The summed E-state index contributed by atoms with van der Waals surface area (Å²) in [5, 5.41) is 21.7. The van der Waals surface area contributed by atoms with Crippen LogP contribution in [0.15, 0.2) is 26.9 Å². The normalized spacial score (nSPS) is 24.5. The van der Waals surface area contributed by atoms with E-state index in [-0.39, 0.29) is 12.5 Å². The summed E-state index contributed by atoms with van der Waals surface area (Å²) in [5.74, 6) is -0.202. The summed E-state index contributed by atoms with van der Waals surface area (Å²) in [4.78, 5) is 13.7. The largest absolute Gasteiger partial charge is 0.389 e. The van der Waals surface area contributed by atoms with Gasteiger partial charge in [0.1, 0.15) is 11.4 Å². The lowest BCUT2D eigenvalue weighted by molar-refractivity contribution is -0.117. The van der Waals surface area contributed by atoms with Crippen LogP contribution in [0, 0.1) is 0 Å². The fourth-order valence-electron chi connectivity index (χ4n) is 2.28. The van der Waals surface area contributed by atoms with Gasteiger partial charge in [0.15, 0.2) is 0 Å². The molecule has 1 amide bonds. The van der Waals surface area contributed by atoms with Crippen LogP contribution in [0.5, 0.6) is 0 Å². The van der Waals surface area contributed by atoms with Gasteiger partial charge in [-0.15, -0.1) is 0 Å². The van der Waals surface area contributed by atoms with Gasteiger partial charge < -0.3 is 15.5 Å². The van der Waals surface area contributed by atoms with Crippen molar-refractivity contribution in [3.63, 3.8) is 0 Å². The number of hydrogen-bond acceptors (Lipinski definition) is 6. The van der Waals surface area contributed by atoms with Crippen LogP contribution < -0.4 is 5.32 Å². The predicted molar refractivity (Wildman–Crippen MR) is 75.1 cm³/mol. The summed E-state index contributed by atoms with van der Waals surface area (Å²) in [6, 6.07) is 5.42. The number of amides is 1. The van der Waals surface area contributed by atoms with Crippen LogP contribution in [0.2, 0.25) is 0 Å². The minimum absolute atomic E-state index is 0.127. The fourth-order valence-corrected chi connectivity index (χ4v) is 2.83. The number of rotatable bonds is 3. The van der Waals surface area contributed by atoms with Crippen LogP contribution in [-0.2, 0) is 16.1 Å². The Morgan fingerprint density at radius 2 is 2.10 bits per heavy atom. The Balaban J connectivity index is 1.63. The van der Waals surface area contributed by atoms with E-state index < -0.39 is 12.2 Å². The molecule has 0 aromatic heterocycles. The number of nitrogens with one attached hydrogen (secondary N) is 1. The number of likely N-dealkylation sites (tertiary alicyclic amines) is 1. The minimum Gasteiger partial charge on any atom is -0.389 e. The van der Waals surface area contributed by atoms with Crippen molar-refractivity contribution in [2.75, 3.05) is 25.0 Å². The van der Waals surface area contributed by atoms with Gasteiger partial charge in [-0.2, -0.15) is 8.73 Å². The average molecular weight is 294 g/mol. The summed E-state index contributed by atoms with van der Waals surface area (Å²) in [6.07, 6.45) is -1.57. The first-order valence-electron chi connectivity index (χ1n) is 6.23. The van der Waals surface area contributed by atoms with Crippen LogP contribution in [0.4, 0.5) is 17.1 Å². The molecule has 2 aliphatic rings. The van der Waals surface area contributed by atoms with Crippen molar-refractivity contribution in [3.8, 4) is 0 Å². The molecule has 0 aliphatic carbocycles. The average Bonchev–Trinajstić information content (AvgIpc) is 2.98. The molecule has 0 saturated carbocycles. The molecule has 2 aliphatic heterocycles. The number of fused-ring (bicyclic) bond motifs is 1. The van der Waals surface area contributed by atoms with E-state index in [9.17, 15) is 15.0 Å². The smallest absolute Gasteiger partial charge is 0.238 e. The van der Waals surface area contributed by atoms with Crippen LogP contribution in [-0.4, -0.2) is 52.9 Å². The maximum absolute atomic E-state index is 12.0. The lowest BCUT2D eigenvalue weighted by Gasteiger charge is -2.14. The number of β-amino-alcohol motifs (C(OH)–C–C–N with tert-alkyl or cyclic N) is 2. The molecule has 2 atom stereocenters. The molecule has 0 radical (unpaired) electrons. The van der Waals surface area contributed by atoms with Gasteiger partial charge in [-0.05, 0) is 12.1 Å². The Hall–Kier alpha value is -1.61. The SMILES string of the molecule is O=C(CN1CC(O)C(O)C1)Nc1cccc2c1N=S=N2. The van der Waals surface area contributed by atoms with Gasteiger partial charge in [-0.1, -0.05) is 6.07 Å². The Morgan fingerprint density at radius 1 is 1.35 bits per heavy atom. The van der Waals surface area contributed by atoms with Gasteiger partial charge >= 0.3 is 0 Å². The number of carbonyl (C=O) groups excluding carboxylic acids is 1. The van der Waals surface area contributed by atoms with Crippen molar-refractivity contribution in [1.82, 2.24) is 4.90 Å². The van der Waals surface area contributed by atoms with Gasteiger partial charge in [0.2, 0.25) is 5.91 Å². The molecule has 1 aromatic rings. The molecule has 7 nitrogen and oxygen atoms in total. The van der Waals surface area contributed by atoms with E-state index in [0.29, 0.717) is 24.5 Å². The zero-order chi connectivity index (χ0) is 14.1. The first-order valence-corrected chi connectivity index (χ1v) is 6.96. The third kappa shape index (κ3) is 2.63. The van der Waals surface area contributed by atoms with E-state index in [2.05, 4.69) is 14.0 Å². The summed E-state index contributed by atoms with van der Waals surface area (Å²) in [5.41, 5.74) is 2.05. The van der Waals surface area contributed by atoms with Gasteiger partial charge in [0.05, 0.1) is 35.8 Å². The minimum atomic E-state index is -0.783. The number of anilines is 1. The van der Waals surface area contributed by atoms with E-state index >= 15 is 0 Å². The Labute approximate surface area is 119 Å². The molecule has 1 aromatic carbocycles. The molecule has 3 N–H and O–H groups in total. The van der Waals surface area contributed by atoms with Crippen LogP contribution in [0.3, 0.4) is 0 Å². The Morgan fingerprint density at radius 3 is 2.85 bits per heavy atom. The first kappa shape index (κ1) is 13.4. The molecule has 0 bridgehead atoms. The third-order valence-corrected chi connectivity index (χ3v) is 3.80. The monoisotopic (exact) mass is 294 g/mol. The molecule has 1 saturated heterocycles. The number of aliphatic hydroxyl groups is 2. The Kier molecular flexibility index (Phi) is 3.62. The zero-order valence-corrected chi connectivity index (χ0v) is 11.4. The summed E-state index contributed by atoms with van der Waals surface area (Å²) < 4.78 is 8.26. The number of nitrogens with zero attached hydrogens (tertiary/aromatic N) is 3. The summed E-state index contributed by atoms with van der Waals surface area (Å²) in [7, 11) is 0. The van der Waals surface area contributed by atoms with Crippen molar-refractivity contribution in [2.24, 2.45) is 8.73 Å². The maximum Gasteiger partial charge on any atom is 0.238 e. The van der Waals surface area contributed by atoms with E-state index in [4.69, 9.17) is 0 Å². The van der Waals surface area contributed by atoms with E-state index in [0.717, 1.165) is 17.0 Å². The van der Waals surface area contributed by atoms with Crippen molar-refractivity contribution in [2.45, 2.75) is 12.2 Å². The molecule has 106 valence electrons. The van der Waals surface area contributed by atoms with E-state index in [1.165, 1.54) is 0 Å². The van der Waals surface area contributed by atoms with Crippen LogP contribution in [0.1, 0.15) is 0 Å². The topological polar surface area (TPSA) is 97.5 Å². The summed E-state index contributed by atoms with van der Waals surface area (Å²) >= 11 is 1.10. The number of carbonyl (C=O) groups is 1. The quantitative estimate of drug-likeness (QED) is 0.762. The maximum atomic E-state index is 12.0. The lowest BCUT2D eigenvalue weighted by Crippen LogP contribution is -2.32. The van der Waals surface area contributed by atoms with Crippen molar-refractivity contribution in [1.29, 1.82) is 0 Å². The highest BCUT2D eigenvalue weighted by Gasteiger charge is 2.30. The Bertz CT molecular complexity index is 605. The molecule has 20 heavy (non-hydrogen) atoms. The second kappa shape index (κ2) is 5.41. The van der Waals surface area contributed by atoms with E-state index in [1.54, 1.807) is 11.0 Å². The van der Waals surface area contributed by atoms with Crippen LogP contribution >= 0.6 is 0 Å². The molecule has 1 fully saturated rings.